The van der Waals surface area contributed by atoms with E-state index in [1.54, 1.807) is 6.92 Å². The molecule has 0 aliphatic rings. The summed E-state index contributed by atoms with van der Waals surface area (Å²) in [5.74, 6) is 5.03. The van der Waals surface area contributed by atoms with Gasteiger partial charge in [0.15, 0.2) is 5.82 Å². The molecule has 0 fully saturated rings. The normalized spacial score (nSPS) is 10.4. The zero-order valence-corrected chi connectivity index (χ0v) is 8.95. The quantitative estimate of drug-likeness (QED) is 0.461. The van der Waals surface area contributed by atoms with Gasteiger partial charge in [-0.15, -0.1) is 10.2 Å². The Morgan fingerprint density at radius 1 is 1.50 bits per heavy atom. The predicted octanol–water partition coefficient (Wildman–Crippen LogP) is 0.744. The molecular weight excluding hydrogens is 235 g/mol. The van der Waals surface area contributed by atoms with Gasteiger partial charge >= 0.3 is 0 Å². The first-order valence-electron chi connectivity index (χ1n) is 4.16. The lowest BCUT2D eigenvalue weighted by Gasteiger charge is -2.00. The second-order valence-electron chi connectivity index (χ2n) is 2.68. The van der Waals surface area contributed by atoms with Crippen LogP contribution in [0.5, 0.6) is 0 Å². The molecule has 0 spiro atoms. The van der Waals surface area contributed by atoms with E-state index in [9.17, 15) is 4.39 Å². The number of nitrogen functional groups attached to an aromatic ring is 1. The number of nitrogens with zero attached hydrogens (tertiary/aromatic N) is 4. The number of aromatic nitrogens is 4. The van der Waals surface area contributed by atoms with Gasteiger partial charge in [0.25, 0.3) is 5.22 Å². The molecule has 0 atom stereocenters. The van der Waals surface area contributed by atoms with Crippen molar-refractivity contribution in [2.45, 2.75) is 17.2 Å². The second-order valence-corrected chi connectivity index (χ2v) is 3.62. The molecule has 0 aliphatic heterocycles. The van der Waals surface area contributed by atoms with E-state index in [0.29, 0.717) is 5.89 Å². The van der Waals surface area contributed by atoms with Crippen molar-refractivity contribution < 1.29 is 8.81 Å². The summed E-state index contributed by atoms with van der Waals surface area (Å²) in [7, 11) is 0. The number of anilines is 1. The second kappa shape index (κ2) is 4.41. The van der Waals surface area contributed by atoms with Crippen LogP contribution in [-0.2, 0) is 0 Å². The Balaban J connectivity index is 2.26. The van der Waals surface area contributed by atoms with E-state index >= 15 is 0 Å². The fourth-order valence-corrected chi connectivity index (χ4v) is 1.59. The molecule has 7 nitrogen and oxygen atoms in total. The van der Waals surface area contributed by atoms with Crippen molar-refractivity contribution in [2.24, 2.45) is 5.84 Å². The van der Waals surface area contributed by atoms with Crippen LogP contribution in [0.1, 0.15) is 5.89 Å². The third kappa shape index (κ3) is 2.25. The summed E-state index contributed by atoms with van der Waals surface area (Å²) in [5.41, 5.74) is 2.22. The van der Waals surface area contributed by atoms with Crippen LogP contribution in [0, 0.1) is 12.7 Å². The molecule has 84 valence electrons. The minimum absolute atomic E-state index is 0.0617. The maximum absolute atomic E-state index is 13.3. The summed E-state index contributed by atoms with van der Waals surface area (Å²) >= 11 is 0.903. The first-order chi connectivity index (χ1) is 7.69. The Morgan fingerprint density at radius 2 is 2.31 bits per heavy atom. The molecule has 0 radical (unpaired) electrons. The summed E-state index contributed by atoms with van der Waals surface area (Å²) in [4.78, 5) is 7.41. The van der Waals surface area contributed by atoms with E-state index in [4.69, 9.17) is 10.3 Å². The van der Waals surface area contributed by atoms with E-state index in [-0.39, 0.29) is 16.2 Å². The van der Waals surface area contributed by atoms with Gasteiger partial charge in [-0.05, 0) is 11.8 Å². The van der Waals surface area contributed by atoms with Crippen molar-refractivity contribution in [3.05, 3.63) is 17.9 Å². The van der Waals surface area contributed by atoms with E-state index in [1.807, 2.05) is 0 Å². The van der Waals surface area contributed by atoms with Crippen LogP contribution in [-0.4, -0.2) is 20.2 Å². The van der Waals surface area contributed by atoms with Crippen LogP contribution in [0.3, 0.4) is 0 Å². The Hall–Kier alpha value is -1.74. The van der Waals surface area contributed by atoms with Gasteiger partial charge in [0.05, 0.1) is 6.20 Å². The summed E-state index contributed by atoms with van der Waals surface area (Å²) < 4.78 is 18.4. The topological polar surface area (TPSA) is 103 Å². The van der Waals surface area contributed by atoms with E-state index < -0.39 is 5.82 Å². The SMILES string of the molecule is Cc1nnc(Sc2nc(NN)ncc2F)o1. The number of nitrogens with two attached hydrogens (primary N) is 1. The van der Waals surface area contributed by atoms with Crippen molar-refractivity contribution in [1.29, 1.82) is 0 Å². The van der Waals surface area contributed by atoms with Crippen LogP contribution < -0.4 is 11.3 Å². The summed E-state index contributed by atoms with van der Waals surface area (Å²) in [6.07, 6.45) is 1.01. The third-order valence-corrected chi connectivity index (χ3v) is 2.35. The standard InChI is InChI=1S/C7H7FN6OS/c1-3-13-14-7(15-3)16-5-4(8)2-10-6(11-5)12-9/h2H,9H2,1H3,(H,10,11,12). The lowest BCUT2D eigenvalue weighted by atomic mass is 10.6. The van der Waals surface area contributed by atoms with Gasteiger partial charge in [-0.2, -0.15) is 0 Å². The van der Waals surface area contributed by atoms with Crippen molar-refractivity contribution in [1.82, 2.24) is 20.2 Å². The van der Waals surface area contributed by atoms with Crippen LogP contribution in [0.2, 0.25) is 0 Å². The number of hydrogen-bond donors (Lipinski definition) is 2. The minimum Gasteiger partial charge on any atom is -0.416 e. The summed E-state index contributed by atoms with van der Waals surface area (Å²) in [6, 6.07) is 0. The van der Waals surface area contributed by atoms with Crippen molar-refractivity contribution in [3.63, 3.8) is 0 Å². The van der Waals surface area contributed by atoms with Crippen molar-refractivity contribution in [2.75, 3.05) is 5.43 Å². The average Bonchev–Trinajstić information content (AvgIpc) is 2.67. The largest absolute Gasteiger partial charge is 0.416 e. The van der Waals surface area contributed by atoms with Crippen LogP contribution in [0.15, 0.2) is 20.9 Å². The van der Waals surface area contributed by atoms with Gasteiger partial charge < -0.3 is 4.42 Å². The highest BCUT2D eigenvalue weighted by Crippen LogP contribution is 2.26. The van der Waals surface area contributed by atoms with Gasteiger partial charge in [0, 0.05) is 6.92 Å². The molecule has 2 aromatic heterocycles. The third-order valence-electron chi connectivity index (χ3n) is 1.53. The van der Waals surface area contributed by atoms with Gasteiger partial charge in [-0.25, -0.2) is 20.2 Å². The van der Waals surface area contributed by atoms with Crippen LogP contribution >= 0.6 is 11.8 Å². The zero-order valence-electron chi connectivity index (χ0n) is 8.14. The molecule has 2 heterocycles. The molecule has 0 unspecified atom stereocenters. The molecular formula is C7H7FN6OS. The molecule has 3 N–H and O–H groups in total. The molecule has 16 heavy (non-hydrogen) atoms. The number of hydrazine groups is 1. The lowest BCUT2D eigenvalue weighted by molar-refractivity contribution is 0.428. The summed E-state index contributed by atoms with van der Waals surface area (Å²) in [5, 5.41) is 7.58. The number of rotatable bonds is 3. The smallest absolute Gasteiger partial charge is 0.283 e. The predicted molar refractivity (Wildman–Crippen MR) is 53.0 cm³/mol. The first kappa shape index (κ1) is 10.8. The average molecular weight is 242 g/mol. The van der Waals surface area contributed by atoms with E-state index in [2.05, 4.69) is 25.6 Å². The number of aryl methyl sites for hydroxylation is 1. The minimum atomic E-state index is -0.583. The Morgan fingerprint density at radius 3 is 2.94 bits per heavy atom. The van der Waals surface area contributed by atoms with Gasteiger partial charge in [-0.3, -0.25) is 5.43 Å². The monoisotopic (exact) mass is 242 g/mol. The molecule has 9 heteroatoms. The van der Waals surface area contributed by atoms with Crippen molar-refractivity contribution >= 4 is 17.7 Å². The van der Waals surface area contributed by atoms with Gasteiger partial charge in [0.1, 0.15) is 5.03 Å². The molecule has 0 aliphatic carbocycles. The fourth-order valence-electron chi connectivity index (χ4n) is 0.895. The van der Waals surface area contributed by atoms with Crippen LogP contribution in [0.4, 0.5) is 10.3 Å². The number of nitrogens with one attached hydrogen (secondary N) is 1. The molecule has 2 rings (SSSR count). The summed E-state index contributed by atoms with van der Waals surface area (Å²) in [6.45, 7) is 1.64. The Bertz CT molecular complexity index is 503. The highest BCUT2D eigenvalue weighted by atomic mass is 32.2. The maximum Gasteiger partial charge on any atom is 0.283 e. The van der Waals surface area contributed by atoms with E-state index in [0.717, 1.165) is 18.0 Å². The first-order valence-corrected chi connectivity index (χ1v) is 4.98. The van der Waals surface area contributed by atoms with Gasteiger partial charge in [-0.1, -0.05) is 0 Å². The molecule has 0 aromatic carbocycles. The molecule has 0 amide bonds. The Kier molecular flexibility index (Phi) is 2.97. The lowest BCUT2D eigenvalue weighted by Crippen LogP contribution is -2.11. The number of hydrogen-bond acceptors (Lipinski definition) is 8. The van der Waals surface area contributed by atoms with Crippen LogP contribution in [0.25, 0.3) is 0 Å². The molecule has 2 aromatic rings. The highest BCUT2D eigenvalue weighted by molar-refractivity contribution is 7.99. The maximum atomic E-state index is 13.3. The van der Waals surface area contributed by atoms with Crippen molar-refractivity contribution in [3.8, 4) is 0 Å². The molecule has 0 saturated carbocycles. The molecule has 0 saturated heterocycles. The highest BCUT2D eigenvalue weighted by Gasteiger charge is 2.12. The Labute approximate surface area is 93.6 Å². The number of halogens is 1. The van der Waals surface area contributed by atoms with E-state index in [1.165, 1.54) is 0 Å². The molecule has 0 bridgehead atoms. The van der Waals surface area contributed by atoms with Gasteiger partial charge in [0.2, 0.25) is 11.8 Å². The fraction of sp³-hybridized carbons (Fsp3) is 0.143. The zero-order chi connectivity index (χ0) is 11.5.